The van der Waals surface area contributed by atoms with Crippen molar-refractivity contribution in [3.05, 3.63) is 113 Å². The molecule has 0 aliphatic rings. The molecule has 0 bridgehead atoms. The van der Waals surface area contributed by atoms with E-state index in [0.717, 1.165) is 41.4 Å². The first kappa shape index (κ1) is 50.2. The maximum absolute atomic E-state index is 9.31. The molecule has 0 saturated carbocycles. The van der Waals surface area contributed by atoms with Crippen LogP contribution in [-0.4, -0.2) is 23.6 Å². The summed E-state index contributed by atoms with van der Waals surface area (Å²) in [6.07, 6.45) is 15.6. The SMILES string of the molecule is CC.CC.CCCCCCC.CN.Cc1ccc(-c2ccc(CCCCCNS)cc2)c2[nH]cc(C#N)c12.Cc1ccc(-c2ccc(P)cc2)c2[nH]cc(C)c12. The number of rotatable bonds is 12. The third-order valence-corrected chi connectivity index (χ3v) is 9.96. The summed E-state index contributed by atoms with van der Waals surface area (Å²) in [5.41, 5.74) is 17.5. The van der Waals surface area contributed by atoms with Crippen LogP contribution in [0, 0.1) is 32.1 Å². The van der Waals surface area contributed by atoms with E-state index in [9.17, 15) is 5.26 Å². The van der Waals surface area contributed by atoms with Gasteiger partial charge in [0.05, 0.1) is 16.6 Å². The molecule has 0 radical (unpaired) electrons. The van der Waals surface area contributed by atoms with Crippen molar-refractivity contribution in [2.75, 3.05) is 13.6 Å². The second-order valence-electron chi connectivity index (χ2n) is 13.2. The fourth-order valence-corrected chi connectivity index (χ4v) is 6.86. The Morgan fingerprint density at radius 3 is 1.62 bits per heavy atom. The largest absolute Gasteiger partial charge is 0.360 e. The van der Waals surface area contributed by atoms with E-state index in [-0.39, 0.29) is 0 Å². The summed E-state index contributed by atoms with van der Waals surface area (Å²) in [4.78, 5) is 6.69. The third-order valence-electron chi connectivity index (χ3n) is 9.35. The summed E-state index contributed by atoms with van der Waals surface area (Å²) >= 11 is 4.01. The minimum atomic E-state index is 0.710. The first-order valence-electron chi connectivity index (χ1n) is 20.8. The molecule has 0 spiro atoms. The molecule has 4 aromatic carbocycles. The van der Waals surface area contributed by atoms with E-state index in [1.807, 2.05) is 34.6 Å². The lowest BCUT2D eigenvalue weighted by atomic mass is 9.97. The van der Waals surface area contributed by atoms with Crippen LogP contribution in [0.5, 0.6) is 0 Å². The number of benzene rings is 4. The number of aryl methyl sites for hydroxylation is 4. The number of hydrogen-bond acceptors (Lipinski definition) is 4. The number of H-pyrrole nitrogens is 2. The van der Waals surface area contributed by atoms with Gasteiger partial charge in [0, 0.05) is 40.8 Å². The molecular weight excluding hydrogens is 722 g/mol. The van der Waals surface area contributed by atoms with E-state index in [2.05, 4.69) is 155 Å². The molecule has 56 heavy (non-hydrogen) atoms. The molecule has 0 saturated heterocycles. The van der Waals surface area contributed by atoms with Crippen LogP contribution in [0.1, 0.15) is 121 Å². The zero-order valence-electron chi connectivity index (χ0n) is 36.2. The molecule has 6 rings (SSSR count). The molecule has 0 aliphatic heterocycles. The molecule has 0 fully saturated rings. The predicted octanol–water partition coefficient (Wildman–Crippen LogP) is 13.7. The van der Waals surface area contributed by atoms with Gasteiger partial charge in [0.2, 0.25) is 0 Å². The monoisotopic (exact) mass is 794 g/mol. The standard InChI is InChI=1S/C21H23N3S.C16H16NP.C7H16.2C2H6.CH5N/c1-15-6-11-19(21-20(15)18(13-22)14-23-21)17-9-7-16(8-10-17)5-3-2-4-12-24-25;1-10-3-8-14(12-4-6-13(18)7-5-12)16-15(10)11(2)9-17-16;1-3-5-7-6-4-2;3*1-2/h6-11,14,23-25H,2-5,12H2,1H3;3-9,17H,18H2,1-2H3;3-7H2,1-2H3;2*1-2H3;2H2,1H3. The van der Waals surface area contributed by atoms with Crippen LogP contribution >= 0.6 is 22.1 Å². The van der Waals surface area contributed by atoms with E-state index in [1.54, 1.807) is 6.20 Å². The maximum atomic E-state index is 9.31. The molecule has 7 heteroatoms. The predicted molar refractivity (Wildman–Crippen MR) is 258 cm³/mol. The van der Waals surface area contributed by atoms with Crippen LogP contribution in [0.4, 0.5) is 0 Å². The van der Waals surface area contributed by atoms with E-state index in [0.29, 0.717) is 5.56 Å². The Morgan fingerprint density at radius 1 is 0.625 bits per heavy atom. The third kappa shape index (κ3) is 15.2. The molecule has 2 heterocycles. The van der Waals surface area contributed by atoms with Crippen LogP contribution in [0.2, 0.25) is 0 Å². The highest BCUT2D eigenvalue weighted by Crippen LogP contribution is 2.33. The Labute approximate surface area is 348 Å². The molecule has 1 unspecified atom stereocenters. The number of nitrogens with zero attached hydrogens (tertiary/aromatic N) is 1. The molecular formula is C49H72N5PS. The Hall–Kier alpha value is -3.85. The highest BCUT2D eigenvalue weighted by molar-refractivity contribution is 7.78. The minimum absolute atomic E-state index is 0.710. The molecule has 1 atom stereocenters. The van der Waals surface area contributed by atoms with Crippen molar-refractivity contribution in [3.8, 4) is 28.3 Å². The number of fused-ring (bicyclic) bond motifs is 2. The molecule has 5 nitrogen and oxygen atoms in total. The van der Waals surface area contributed by atoms with Gasteiger partial charge in [-0.05, 0) is 85.8 Å². The Morgan fingerprint density at radius 2 is 1.11 bits per heavy atom. The van der Waals surface area contributed by atoms with Crippen molar-refractivity contribution in [2.24, 2.45) is 5.73 Å². The van der Waals surface area contributed by atoms with E-state index < -0.39 is 0 Å². The highest BCUT2D eigenvalue weighted by atomic mass is 32.1. The van der Waals surface area contributed by atoms with Gasteiger partial charge >= 0.3 is 0 Å². The van der Waals surface area contributed by atoms with Crippen LogP contribution in [-0.2, 0) is 6.42 Å². The first-order valence-corrected chi connectivity index (χ1v) is 21.8. The summed E-state index contributed by atoms with van der Waals surface area (Å²) in [6, 6.07) is 28.3. The lowest BCUT2D eigenvalue weighted by Gasteiger charge is -2.08. The number of nitrogens with one attached hydrogen (secondary N) is 3. The summed E-state index contributed by atoms with van der Waals surface area (Å²) in [7, 11) is 4.22. The van der Waals surface area contributed by atoms with Crippen molar-refractivity contribution in [1.82, 2.24) is 14.7 Å². The zero-order valence-corrected chi connectivity index (χ0v) is 38.3. The summed E-state index contributed by atoms with van der Waals surface area (Å²) in [6.45, 7) is 19.8. The lowest BCUT2D eigenvalue weighted by molar-refractivity contribution is 0.656. The van der Waals surface area contributed by atoms with Crippen molar-refractivity contribution < 1.29 is 0 Å². The topological polar surface area (TPSA) is 93.4 Å². The maximum Gasteiger partial charge on any atom is 0.101 e. The first-order chi connectivity index (χ1) is 27.3. The lowest BCUT2D eigenvalue weighted by Crippen LogP contribution is -2.00. The van der Waals surface area contributed by atoms with Gasteiger partial charge in [-0.1, -0.05) is 166 Å². The average molecular weight is 794 g/mol. The van der Waals surface area contributed by atoms with Crippen molar-refractivity contribution in [1.29, 1.82) is 5.26 Å². The second kappa shape index (κ2) is 29.4. The van der Waals surface area contributed by atoms with E-state index in [4.69, 9.17) is 0 Å². The number of aromatic nitrogens is 2. The van der Waals surface area contributed by atoms with Gasteiger partial charge in [-0.15, -0.1) is 9.24 Å². The summed E-state index contributed by atoms with van der Waals surface area (Å²) < 4.78 is 2.89. The van der Waals surface area contributed by atoms with Gasteiger partial charge < -0.3 is 15.7 Å². The molecule has 0 amide bonds. The Balaban J connectivity index is 0.000000441. The van der Waals surface area contributed by atoms with Gasteiger partial charge in [0.1, 0.15) is 6.07 Å². The van der Waals surface area contributed by atoms with Gasteiger partial charge in [0.25, 0.3) is 0 Å². The van der Waals surface area contributed by atoms with Crippen LogP contribution in [0.25, 0.3) is 44.1 Å². The number of thiol groups is 1. The number of hydrogen-bond donors (Lipinski definition) is 5. The highest BCUT2D eigenvalue weighted by Gasteiger charge is 2.12. The molecule has 5 N–H and O–H groups in total. The van der Waals surface area contributed by atoms with Gasteiger partial charge in [-0.3, -0.25) is 4.72 Å². The smallest absolute Gasteiger partial charge is 0.101 e. The van der Waals surface area contributed by atoms with Crippen LogP contribution in [0.3, 0.4) is 0 Å². The zero-order chi connectivity index (χ0) is 41.9. The normalized spacial score (nSPS) is 9.93. The number of aromatic amines is 2. The average Bonchev–Trinajstić information content (AvgIpc) is 3.87. The van der Waals surface area contributed by atoms with Gasteiger partial charge in [-0.2, -0.15) is 5.26 Å². The van der Waals surface area contributed by atoms with Gasteiger partial charge in [0.15, 0.2) is 0 Å². The Bertz CT molecular complexity index is 1960. The quantitative estimate of drug-likeness (QED) is 0.0485. The molecule has 0 aliphatic carbocycles. The number of nitrogens with two attached hydrogens (primary N) is 1. The van der Waals surface area contributed by atoms with E-state index in [1.165, 1.54) is 102 Å². The van der Waals surface area contributed by atoms with E-state index >= 15 is 0 Å². The van der Waals surface area contributed by atoms with Crippen molar-refractivity contribution in [2.45, 2.75) is 120 Å². The van der Waals surface area contributed by atoms with Crippen molar-refractivity contribution in [3.63, 3.8) is 0 Å². The fourth-order valence-electron chi connectivity index (χ4n) is 6.51. The molecule has 6 aromatic rings. The molecule has 2 aromatic heterocycles. The fraction of sp³-hybridized carbons (Fsp3) is 0.408. The minimum Gasteiger partial charge on any atom is -0.360 e. The second-order valence-corrected chi connectivity index (χ2v) is 14.2. The number of nitriles is 1. The number of unbranched alkanes of at least 4 members (excludes halogenated alkanes) is 6. The summed E-state index contributed by atoms with van der Waals surface area (Å²) in [5.74, 6) is 0. The Kier molecular flexibility index (Phi) is 26.3. The summed E-state index contributed by atoms with van der Waals surface area (Å²) in [5, 5.41) is 12.9. The van der Waals surface area contributed by atoms with Crippen molar-refractivity contribution >= 4 is 49.2 Å². The van der Waals surface area contributed by atoms with Gasteiger partial charge in [-0.25, -0.2) is 0 Å². The van der Waals surface area contributed by atoms with Crippen LogP contribution < -0.4 is 15.8 Å². The molecule has 304 valence electrons. The van der Waals surface area contributed by atoms with Crippen LogP contribution in [0.15, 0.2) is 85.2 Å².